The van der Waals surface area contributed by atoms with Crippen LogP contribution in [-0.4, -0.2) is 22.1 Å². The first-order valence-electron chi connectivity index (χ1n) is 11.6. The molecule has 0 spiro atoms. The van der Waals surface area contributed by atoms with E-state index in [2.05, 4.69) is 16.9 Å². The van der Waals surface area contributed by atoms with E-state index in [4.69, 9.17) is 4.74 Å². The maximum atomic E-state index is 14.6. The van der Waals surface area contributed by atoms with E-state index in [1.165, 1.54) is 25.3 Å². The standard InChI is InChI=1S/C25H33F3N2O2/c1-3-5-7-9-10-12-18-16-29-24(30-17-18)19-14-15-21(23(28)22(19)27)32-25(31)20(26)13-11-8-6-4-2/h14-17,20H,3-13H2,1-2H3. The Balaban J connectivity index is 1.97. The van der Waals surface area contributed by atoms with E-state index in [-0.39, 0.29) is 17.8 Å². The summed E-state index contributed by atoms with van der Waals surface area (Å²) < 4.78 is 47.7. The van der Waals surface area contributed by atoms with Crippen LogP contribution in [0, 0.1) is 11.6 Å². The molecule has 1 aromatic heterocycles. The Labute approximate surface area is 188 Å². The van der Waals surface area contributed by atoms with E-state index in [0.717, 1.165) is 50.2 Å². The van der Waals surface area contributed by atoms with Crippen LogP contribution in [-0.2, 0) is 11.2 Å². The highest BCUT2D eigenvalue weighted by Gasteiger charge is 2.24. The molecule has 176 valence electrons. The lowest BCUT2D eigenvalue weighted by atomic mass is 10.1. The predicted octanol–water partition coefficient (Wildman–Crippen LogP) is 7.15. The third-order valence-corrected chi connectivity index (χ3v) is 5.34. The van der Waals surface area contributed by atoms with Crippen molar-refractivity contribution in [3.8, 4) is 17.1 Å². The Kier molecular flexibility index (Phi) is 11.2. The van der Waals surface area contributed by atoms with Gasteiger partial charge in [-0.3, -0.25) is 0 Å². The summed E-state index contributed by atoms with van der Waals surface area (Å²) in [6.45, 7) is 4.19. The zero-order valence-corrected chi connectivity index (χ0v) is 19.0. The molecule has 32 heavy (non-hydrogen) atoms. The highest BCUT2D eigenvalue weighted by Crippen LogP contribution is 2.28. The topological polar surface area (TPSA) is 52.1 Å². The van der Waals surface area contributed by atoms with E-state index < -0.39 is 29.5 Å². The minimum Gasteiger partial charge on any atom is -0.421 e. The molecule has 1 heterocycles. The zero-order valence-electron chi connectivity index (χ0n) is 19.0. The number of carbonyl (C=O) groups is 1. The number of aromatic nitrogens is 2. The van der Waals surface area contributed by atoms with Crippen LogP contribution in [0.1, 0.15) is 83.6 Å². The smallest absolute Gasteiger partial charge is 0.346 e. The number of ether oxygens (including phenoxy) is 1. The summed E-state index contributed by atoms with van der Waals surface area (Å²) in [5, 5.41) is 0. The van der Waals surface area contributed by atoms with Crippen LogP contribution in [0.5, 0.6) is 5.75 Å². The molecule has 0 aliphatic heterocycles. The number of alkyl halides is 1. The van der Waals surface area contributed by atoms with Gasteiger partial charge in [0.1, 0.15) is 0 Å². The molecule has 0 N–H and O–H groups in total. The molecule has 0 aliphatic rings. The second-order valence-corrected chi connectivity index (χ2v) is 8.06. The number of aryl methyl sites for hydroxylation is 1. The fraction of sp³-hybridized carbons (Fsp3) is 0.560. The molecule has 0 saturated heterocycles. The summed E-state index contributed by atoms with van der Waals surface area (Å²) in [5.74, 6) is -4.42. The van der Waals surface area contributed by atoms with Gasteiger partial charge in [0.25, 0.3) is 0 Å². The van der Waals surface area contributed by atoms with Gasteiger partial charge in [0.15, 0.2) is 23.6 Å². The number of carbonyl (C=O) groups excluding carboxylic acids is 1. The lowest BCUT2D eigenvalue weighted by Gasteiger charge is -2.11. The SMILES string of the molecule is CCCCCCCc1cnc(-c2ccc(OC(=O)C(F)CCCCCC)c(F)c2F)nc1. The summed E-state index contributed by atoms with van der Waals surface area (Å²) in [4.78, 5) is 20.2. The third kappa shape index (κ3) is 7.92. The Morgan fingerprint density at radius 1 is 0.906 bits per heavy atom. The number of halogens is 3. The highest BCUT2D eigenvalue weighted by atomic mass is 19.2. The van der Waals surface area contributed by atoms with Crippen molar-refractivity contribution in [2.75, 3.05) is 0 Å². The monoisotopic (exact) mass is 450 g/mol. The molecule has 1 atom stereocenters. The van der Waals surface area contributed by atoms with Crippen molar-refractivity contribution >= 4 is 5.97 Å². The van der Waals surface area contributed by atoms with Gasteiger partial charge in [-0.05, 0) is 43.4 Å². The van der Waals surface area contributed by atoms with E-state index >= 15 is 0 Å². The lowest BCUT2D eigenvalue weighted by molar-refractivity contribution is -0.140. The van der Waals surface area contributed by atoms with Crippen molar-refractivity contribution in [1.82, 2.24) is 9.97 Å². The molecule has 0 saturated carbocycles. The van der Waals surface area contributed by atoms with Gasteiger partial charge >= 0.3 is 5.97 Å². The van der Waals surface area contributed by atoms with E-state index in [9.17, 15) is 18.0 Å². The maximum Gasteiger partial charge on any atom is 0.346 e. The van der Waals surface area contributed by atoms with Gasteiger partial charge in [-0.25, -0.2) is 23.5 Å². The Hall–Kier alpha value is -2.44. The van der Waals surface area contributed by atoms with Crippen molar-refractivity contribution < 1.29 is 22.7 Å². The van der Waals surface area contributed by atoms with E-state index in [1.54, 1.807) is 12.4 Å². The number of benzene rings is 1. The van der Waals surface area contributed by atoms with Gasteiger partial charge in [-0.1, -0.05) is 58.8 Å². The van der Waals surface area contributed by atoms with Crippen molar-refractivity contribution in [3.05, 3.63) is 41.7 Å². The van der Waals surface area contributed by atoms with Crippen LogP contribution < -0.4 is 4.74 Å². The number of rotatable bonds is 14. The fourth-order valence-electron chi connectivity index (χ4n) is 3.38. The van der Waals surface area contributed by atoms with Crippen molar-refractivity contribution in [1.29, 1.82) is 0 Å². The molecule has 2 rings (SSSR count). The normalized spacial score (nSPS) is 12.0. The Morgan fingerprint density at radius 2 is 1.53 bits per heavy atom. The number of hydrogen-bond acceptors (Lipinski definition) is 4. The lowest BCUT2D eigenvalue weighted by Crippen LogP contribution is -2.22. The van der Waals surface area contributed by atoms with Crippen LogP contribution in [0.15, 0.2) is 24.5 Å². The molecule has 0 fully saturated rings. The molecule has 1 unspecified atom stereocenters. The molecular weight excluding hydrogens is 417 g/mol. The fourth-order valence-corrected chi connectivity index (χ4v) is 3.38. The van der Waals surface area contributed by atoms with Gasteiger partial charge in [0.2, 0.25) is 5.82 Å². The van der Waals surface area contributed by atoms with Gasteiger partial charge in [0, 0.05) is 12.4 Å². The quantitative estimate of drug-likeness (QED) is 0.174. The van der Waals surface area contributed by atoms with Crippen LogP contribution in [0.4, 0.5) is 13.2 Å². The van der Waals surface area contributed by atoms with Gasteiger partial charge in [0.05, 0.1) is 5.56 Å². The van der Waals surface area contributed by atoms with Crippen LogP contribution in [0.25, 0.3) is 11.4 Å². The van der Waals surface area contributed by atoms with Crippen molar-refractivity contribution in [2.24, 2.45) is 0 Å². The van der Waals surface area contributed by atoms with Crippen molar-refractivity contribution in [3.63, 3.8) is 0 Å². The van der Waals surface area contributed by atoms with Crippen LogP contribution in [0.3, 0.4) is 0 Å². The molecule has 7 heteroatoms. The van der Waals surface area contributed by atoms with Crippen molar-refractivity contribution in [2.45, 2.75) is 90.6 Å². The Bertz CT molecular complexity index is 844. The first-order chi connectivity index (χ1) is 15.5. The van der Waals surface area contributed by atoms with E-state index in [0.29, 0.717) is 6.42 Å². The molecule has 0 bridgehead atoms. The average molecular weight is 451 g/mol. The average Bonchev–Trinajstić information content (AvgIpc) is 2.80. The summed E-state index contributed by atoms with van der Waals surface area (Å²) in [6, 6.07) is 2.33. The zero-order chi connectivity index (χ0) is 23.3. The second kappa shape index (κ2) is 13.9. The number of esters is 1. The maximum absolute atomic E-state index is 14.6. The van der Waals surface area contributed by atoms with Gasteiger partial charge in [-0.15, -0.1) is 0 Å². The minimum atomic E-state index is -1.87. The first-order valence-corrected chi connectivity index (χ1v) is 11.6. The second-order valence-electron chi connectivity index (χ2n) is 8.06. The largest absolute Gasteiger partial charge is 0.421 e. The highest BCUT2D eigenvalue weighted by molar-refractivity contribution is 5.77. The van der Waals surface area contributed by atoms with Gasteiger partial charge < -0.3 is 4.74 Å². The number of hydrogen-bond donors (Lipinski definition) is 0. The molecule has 4 nitrogen and oxygen atoms in total. The third-order valence-electron chi connectivity index (χ3n) is 5.34. The predicted molar refractivity (Wildman–Crippen MR) is 119 cm³/mol. The minimum absolute atomic E-state index is 0.000188. The first kappa shape index (κ1) is 25.8. The number of unbranched alkanes of at least 4 members (excludes halogenated alkanes) is 7. The molecule has 2 aromatic rings. The van der Waals surface area contributed by atoms with Crippen LogP contribution in [0.2, 0.25) is 0 Å². The summed E-state index contributed by atoms with van der Waals surface area (Å²) >= 11 is 0. The molecule has 0 radical (unpaired) electrons. The molecular formula is C25H33F3N2O2. The Morgan fingerprint density at radius 3 is 2.19 bits per heavy atom. The summed E-state index contributed by atoms with van der Waals surface area (Å²) in [6.07, 6.45) is 11.2. The van der Waals surface area contributed by atoms with Gasteiger partial charge in [-0.2, -0.15) is 4.39 Å². The van der Waals surface area contributed by atoms with E-state index in [1.807, 2.05) is 6.92 Å². The summed E-state index contributed by atoms with van der Waals surface area (Å²) in [7, 11) is 0. The molecule has 1 aromatic carbocycles. The van der Waals surface area contributed by atoms with Crippen LogP contribution >= 0.6 is 0 Å². The molecule has 0 amide bonds. The molecule has 0 aliphatic carbocycles. The summed E-state index contributed by atoms with van der Waals surface area (Å²) in [5.41, 5.74) is 0.790. The number of nitrogens with zero attached hydrogens (tertiary/aromatic N) is 2.